The van der Waals surface area contributed by atoms with E-state index < -0.39 is 5.97 Å². The molecule has 0 radical (unpaired) electrons. The van der Waals surface area contributed by atoms with Gasteiger partial charge in [-0.3, -0.25) is 0 Å². The molecule has 0 bridgehead atoms. The highest BCUT2D eigenvalue weighted by molar-refractivity contribution is 6.18. The second-order valence-electron chi connectivity index (χ2n) is 5.07. The molecular weight excluding hydrogens is 264 g/mol. The van der Waals surface area contributed by atoms with E-state index in [4.69, 9.17) is 4.74 Å². The number of hydrogen-bond acceptors (Lipinski definition) is 3. The second kappa shape index (κ2) is 5.44. The molecule has 3 nitrogen and oxygen atoms in total. The lowest BCUT2D eigenvalue weighted by Gasteiger charge is -2.27. The Morgan fingerprint density at radius 1 is 1.10 bits per heavy atom. The standard InChI is InChI=1S/C18H16O3/c1-21-18(20)17-14-10-6-5-9-13(14)15(11-16(17)19)12-7-3-2-4-8-12/h2-10,15,19H,11H2,1H3/t15-/m1/s1. The number of ether oxygens (including phenoxy) is 1. The van der Waals surface area contributed by atoms with Crippen molar-refractivity contribution < 1.29 is 14.6 Å². The molecule has 0 amide bonds. The molecule has 0 aromatic heterocycles. The molecule has 0 heterocycles. The normalized spacial score (nSPS) is 17.3. The fourth-order valence-electron chi connectivity index (χ4n) is 2.90. The van der Waals surface area contributed by atoms with Crippen LogP contribution in [0, 0.1) is 0 Å². The van der Waals surface area contributed by atoms with Crippen LogP contribution in [0.15, 0.2) is 60.4 Å². The van der Waals surface area contributed by atoms with E-state index in [-0.39, 0.29) is 17.3 Å². The maximum atomic E-state index is 11.9. The summed E-state index contributed by atoms with van der Waals surface area (Å²) < 4.78 is 4.80. The first kappa shape index (κ1) is 13.4. The fraction of sp³-hybridized carbons (Fsp3) is 0.167. The molecule has 1 atom stereocenters. The average molecular weight is 280 g/mol. The molecule has 0 saturated carbocycles. The van der Waals surface area contributed by atoms with Crippen LogP contribution in [0.3, 0.4) is 0 Å². The van der Waals surface area contributed by atoms with Crippen LogP contribution in [0.2, 0.25) is 0 Å². The number of rotatable bonds is 2. The van der Waals surface area contributed by atoms with Crippen molar-refractivity contribution in [3.63, 3.8) is 0 Å². The van der Waals surface area contributed by atoms with Gasteiger partial charge in [0.25, 0.3) is 0 Å². The number of benzene rings is 2. The zero-order valence-corrected chi connectivity index (χ0v) is 11.7. The van der Waals surface area contributed by atoms with Crippen LogP contribution < -0.4 is 0 Å². The molecule has 106 valence electrons. The van der Waals surface area contributed by atoms with Gasteiger partial charge in [-0.1, -0.05) is 54.6 Å². The van der Waals surface area contributed by atoms with Crippen LogP contribution in [-0.2, 0) is 9.53 Å². The van der Waals surface area contributed by atoms with E-state index in [0.29, 0.717) is 6.42 Å². The maximum absolute atomic E-state index is 11.9. The van der Waals surface area contributed by atoms with E-state index in [1.807, 2.05) is 54.6 Å². The number of carbonyl (C=O) groups excluding carboxylic acids is 1. The number of aliphatic hydroxyl groups excluding tert-OH is 1. The predicted molar refractivity (Wildman–Crippen MR) is 80.9 cm³/mol. The minimum Gasteiger partial charge on any atom is -0.511 e. The van der Waals surface area contributed by atoms with Crippen molar-refractivity contribution in [1.29, 1.82) is 0 Å². The molecule has 0 saturated heterocycles. The van der Waals surface area contributed by atoms with Crippen molar-refractivity contribution in [3.8, 4) is 0 Å². The summed E-state index contributed by atoms with van der Waals surface area (Å²) >= 11 is 0. The molecule has 1 aliphatic carbocycles. The largest absolute Gasteiger partial charge is 0.511 e. The van der Waals surface area contributed by atoms with Crippen LogP contribution in [0.5, 0.6) is 0 Å². The summed E-state index contributed by atoms with van der Waals surface area (Å²) in [5, 5.41) is 10.3. The zero-order valence-electron chi connectivity index (χ0n) is 11.7. The SMILES string of the molecule is COC(=O)C1=C(O)C[C@H](c2ccccc2)c2ccccc21. The summed E-state index contributed by atoms with van der Waals surface area (Å²) in [6.45, 7) is 0. The third kappa shape index (κ3) is 2.31. The summed E-state index contributed by atoms with van der Waals surface area (Å²) in [4.78, 5) is 11.9. The van der Waals surface area contributed by atoms with Crippen molar-refractivity contribution in [2.24, 2.45) is 0 Å². The van der Waals surface area contributed by atoms with E-state index in [0.717, 1.165) is 16.7 Å². The van der Waals surface area contributed by atoms with E-state index in [2.05, 4.69) is 0 Å². The van der Waals surface area contributed by atoms with Gasteiger partial charge in [0.2, 0.25) is 0 Å². The summed E-state index contributed by atoms with van der Waals surface area (Å²) in [6, 6.07) is 17.7. The summed E-state index contributed by atoms with van der Waals surface area (Å²) in [5.41, 5.74) is 3.20. The summed E-state index contributed by atoms with van der Waals surface area (Å²) in [7, 11) is 1.33. The quantitative estimate of drug-likeness (QED) is 0.854. The Labute approximate surface area is 123 Å². The highest BCUT2D eigenvalue weighted by Crippen LogP contribution is 2.41. The second-order valence-corrected chi connectivity index (χ2v) is 5.07. The third-order valence-electron chi connectivity index (χ3n) is 3.88. The molecule has 3 rings (SSSR count). The number of allylic oxidation sites excluding steroid dienone is 1. The van der Waals surface area contributed by atoms with Crippen molar-refractivity contribution in [2.75, 3.05) is 7.11 Å². The van der Waals surface area contributed by atoms with Crippen LogP contribution in [-0.4, -0.2) is 18.2 Å². The smallest absolute Gasteiger partial charge is 0.341 e. The van der Waals surface area contributed by atoms with Crippen molar-refractivity contribution in [1.82, 2.24) is 0 Å². The van der Waals surface area contributed by atoms with E-state index in [1.165, 1.54) is 7.11 Å². The van der Waals surface area contributed by atoms with Gasteiger partial charge in [-0.2, -0.15) is 0 Å². The number of methoxy groups -OCH3 is 1. The monoisotopic (exact) mass is 280 g/mol. The maximum Gasteiger partial charge on any atom is 0.341 e. The van der Waals surface area contributed by atoms with E-state index >= 15 is 0 Å². The van der Waals surface area contributed by atoms with Gasteiger partial charge < -0.3 is 9.84 Å². The first-order chi connectivity index (χ1) is 10.2. The number of hydrogen-bond donors (Lipinski definition) is 1. The molecule has 0 unspecified atom stereocenters. The predicted octanol–water partition coefficient (Wildman–Crippen LogP) is 3.66. The number of esters is 1. The molecule has 0 fully saturated rings. The van der Waals surface area contributed by atoms with Crippen LogP contribution >= 0.6 is 0 Å². The van der Waals surface area contributed by atoms with Crippen LogP contribution in [0.4, 0.5) is 0 Å². The number of carbonyl (C=O) groups is 1. The van der Waals surface area contributed by atoms with E-state index in [1.54, 1.807) is 0 Å². The molecular formula is C18H16O3. The Bertz CT molecular complexity index is 701. The van der Waals surface area contributed by atoms with Crippen molar-refractivity contribution in [2.45, 2.75) is 12.3 Å². The zero-order chi connectivity index (χ0) is 14.8. The number of aliphatic hydroxyl groups is 1. The average Bonchev–Trinajstić information content (AvgIpc) is 2.54. The highest BCUT2D eigenvalue weighted by atomic mass is 16.5. The fourth-order valence-corrected chi connectivity index (χ4v) is 2.90. The minimum absolute atomic E-state index is 0.0517. The third-order valence-corrected chi connectivity index (χ3v) is 3.88. The van der Waals surface area contributed by atoms with Crippen LogP contribution in [0.1, 0.15) is 29.0 Å². The molecule has 21 heavy (non-hydrogen) atoms. The first-order valence-electron chi connectivity index (χ1n) is 6.87. The Kier molecular flexibility index (Phi) is 3.48. The summed E-state index contributed by atoms with van der Waals surface area (Å²) in [6.07, 6.45) is 0.408. The molecule has 2 aromatic carbocycles. The van der Waals surface area contributed by atoms with Gasteiger partial charge in [0.05, 0.1) is 7.11 Å². The van der Waals surface area contributed by atoms with E-state index in [9.17, 15) is 9.90 Å². The lowest BCUT2D eigenvalue weighted by molar-refractivity contribution is -0.133. The highest BCUT2D eigenvalue weighted by Gasteiger charge is 2.31. The first-order valence-corrected chi connectivity index (χ1v) is 6.87. The van der Waals surface area contributed by atoms with Crippen LogP contribution in [0.25, 0.3) is 5.57 Å². The molecule has 1 aliphatic rings. The minimum atomic E-state index is -0.494. The van der Waals surface area contributed by atoms with Gasteiger partial charge in [0.1, 0.15) is 11.3 Å². The van der Waals surface area contributed by atoms with Crippen molar-refractivity contribution >= 4 is 11.5 Å². The molecule has 0 aliphatic heterocycles. The molecule has 1 N–H and O–H groups in total. The molecule has 3 heteroatoms. The van der Waals surface area contributed by atoms with Crippen molar-refractivity contribution in [3.05, 3.63) is 77.0 Å². The van der Waals surface area contributed by atoms with Gasteiger partial charge in [-0.25, -0.2) is 4.79 Å². The lowest BCUT2D eigenvalue weighted by atomic mass is 9.78. The van der Waals surface area contributed by atoms with Gasteiger partial charge in [0, 0.05) is 12.3 Å². The molecule has 0 spiro atoms. The Morgan fingerprint density at radius 3 is 2.48 bits per heavy atom. The number of fused-ring (bicyclic) bond motifs is 1. The topological polar surface area (TPSA) is 46.5 Å². The Morgan fingerprint density at radius 2 is 1.76 bits per heavy atom. The van der Waals surface area contributed by atoms with Gasteiger partial charge in [-0.15, -0.1) is 0 Å². The summed E-state index contributed by atoms with van der Waals surface area (Å²) in [5.74, 6) is -0.350. The molecule has 2 aromatic rings. The van der Waals surface area contributed by atoms with Gasteiger partial charge in [0.15, 0.2) is 0 Å². The van der Waals surface area contributed by atoms with Gasteiger partial charge in [-0.05, 0) is 16.7 Å². The van der Waals surface area contributed by atoms with Gasteiger partial charge >= 0.3 is 5.97 Å². The lowest BCUT2D eigenvalue weighted by Crippen LogP contribution is -2.17. The Hall–Kier alpha value is -2.55. The Balaban J connectivity index is 2.15.